The lowest BCUT2D eigenvalue weighted by Gasteiger charge is -2.11. The van der Waals surface area contributed by atoms with Crippen molar-refractivity contribution in [2.45, 2.75) is 18.7 Å². The first-order valence-corrected chi connectivity index (χ1v) is 5.00. The van der Waals surface area contributed by atoms with Crippen LogP contribution in [0.3, 0.4) is 0 Å². The fourth-order valence-corrected chi connectivity index (χ4v) is 1.57. The summed E-state index contributed by atoms with van der Waals surface area (Å²) in [7, 11) is 0. The molecule has 1 aromatic rings. The number of ketones is 1. The highest BCUT2D eigenvalue weighted by atomic mass is 35.5. The molecule has 0 saturated carbocycles. The van der Waals surface area contributed by atoms with Crippen molar-refractivity contribution in [3.63, 3.8) is 0 Å². The number of aliphatic carboxylic acids is 1. The van der Waals surface area contributed by atoms with E-state index in [2.05, 4.69) is 0 Å². The number of carboxylic acids is 1. The highest BCUT2D eigenvalue weighted by molar-refractivity contribution is 6.30. The maximum atomic E-state index is 13.4. The van der Waals surface area contributed by atoms with Gasteiger partial charge in [0.05, 0.1) is 6.42 Å². The molecule has 0 aliphatic rings. The molecule has 1 aromatic carbocycles. The number of carbonyl (C=O) groups excluding carboxylic acids is 1. The van der Waals surface area contributed by atoms with Crippen molar-refractivity contribution in [2.24, 2.45) is 0 Å². The standard InChI is InChI=1S/C11H10ClFO3/c1-6(14)11(12)7-3-2-4-9(13)8(7)5-10(15)16/h2-4,11H,5H2,1H3,(H,15,16). The van der Waals surface area contributed by atoms with Crippen LogP contribution < -0.4 is 0 Å². The van der Waals surface area contributed by atoms with Crippen molar-refractivity contribution in [1.82, 2.24) is 0 Å². The topological polar surface area (TPSA) is 54.4 Å². The number of benzene rings is 1. The highest BCUT2D eigenvalue weighted by Gasteiger charge is 2.20. The van der Waals surface area contributed by atoms with Gasteiger partial charge in [0.2, 0.25) is 0 Å². The molecule has 0 saturated heterocycles. The van der Waals surface area contributed by atoms with E-state index in [-0.39, 0.29) is 16.9 Å². The Morgan fingerprint density at radius 3 is 2.62 bits per heavy atom. The Kier molecular flexibility index (Phi) is 4.01. The number of carbonyl (C=O) groups is 2. The molecule has 86 valence electrons. The summed E-state index contributed by atoms with van der Waals surface area (Å²) in [4.78, 5) is 21.7. The minimum Gasteiger partial charge on any atom is -0.481 e. The van der Waals surface area contributed by atoms with E-state index in [9.17, 15) is 14.0 Å². The molecule has 0 radical (unpaired) electrons. The van der Waals surface area contributed by atoms with Crippen LogP contribution in [0.25, 0.3) is 0 Å². The molecular weight excluding hydrogens is 235 g/mol. The van der Waals surface area contributed by atoms with Crippen molar-refractivity contribution < 1.29 is 19.1 Å². The molecule has 1 N–H and O–H groups in total. The van der Waals surface area contributed by atoms with E-state index in [1.165, 1.54) is 19.1 Å². The summed E-state index contributed by atoms with van der Waals surface area (Å²) in [6, 6.07) is 4.00. The third-order valence-corrected chi connectivity index (χ3v) is 2.66. The fraction of sp³-hybridized carbons (Fsp3) is 0.273. The summed E-state index contributed by atoms with van der Waals surface area (Å²) < 4.78 is 13.4. The lowest BCUT2D eigenvalue weighted by Crippen LogP contribution is -2.10. The maximum Gasteiger partial charge on any atom is 0.307 e. The second kappa shape index (κ2) is 5.07. The van der Waals surface area contributed by atoms with Gasteiger partial charge in [-0.05, 0) is 18.6 Å². The predicted octanol–water partition coefficient (Wildman–Crippen LogP) is 2.32. The summed E-state index contributed by atoms with van der Waals surface area (Å²) in [5.74, 6) is -2.18. The number of rotatable bonds is 4. The Morgan fingerprint density at radius 2 is 2.12 bits per heavy atom. The first-order valence-electron chi connectivity index (χ1n) is 4.57. The maximum absolute atomic E-state index is 13.4. The van der Waals surface area contributed by atoms with Gasteiger partial charge >= 0.3 is 5.97 Å². The van der Waals surface area contributed by atoms with Crippen LogP contribution >= 0.6 is 11.6 Å². The second-order valence-corrected chi connectivity index (χ2v) is 3.79. The van der Waals surface area contributed by atoms with E-state index in [0.717, 1.165) is 6.07 Å². The Hall–Kier alpha value is -1.42. The van der Waals surface area contributed by atoms with Gasteiger partial charge in [0.1, 0.15) is 11.2 Å². The third-order valence-electron chi connectivity index (χ3n) is 2.11. The predicted molar refractivity (Wildman–Crippen MR) is 57.0 cm³/mol. The van der Waals surface area contributed by atoms with E-state index < -0.39 is 23.6 Å². The molecule has 0 fully saturated rings. The molecule has 0 bridgehead atoms. The van der Waals surface area contributed by atoms with Crippen LogP contribution in [0.4, 0.5) is 4.39 Å². The highest BCUT2D eigenvalue weighted by Crippen LogP contribution is 2.27. The molecule has 3 nitrogen and oxygen atoms in total. The lowest BCUT2D eigenvalue weighted by molar-refractivity contribution is -0.136. The molecule has 1 atom stereocenters. The second-order valence-electron chi connectivity index (χ2n) is 3.35. The third kappa shape index (κ3) is 2.79. The van der Waals surface area contributed by atoms with Gasteiger partial charge in [-0.25, -0.2) is 4.39 Å². The molecule has 0 spiro atoms. The van der Waals surface area contributed by atoms with E-state index >= 15 is 0 Å². The van der Waals surface area contributed by atoms with Crippen molar-refractivity contribution in [1.29, 1.82) is 0 Å². The van der Waals surface area contributed by atoms with Crippen molar-refractivity contribution >= 4 is 23.4 Å². The molecule has 0 aromatic heterocycles. The van der Waals surface area contributed by atoms with Gasteiger partial charge in [-0.1, -0.05) is 12.1 Å². The molecule has 1 unspecified atom stereocenters. The summed E-state index contributed by atoms with van der Waals surface area (Å²) in [6.07, 6.45) is -0.488. The smallest absolute Gasteiger partial charge is 0.307 e. The van der Waals surface area contributed by atoms with Crippen molar-refractivity contribution in [3.05, 3.63) is 35.1 Å². The molecular formula is C11H10ClFO3. The summed E-state index contributed by atoms with van der Waals surface area (Å²) in [6.45, 7) is 1.27. The summed E-state index contributed by atoms with van der Waals surface area (Å²) in [5.41, 5.74) is 0.182. The van der Waals surface area contributed by atoms with Crippen LogP contribution in [0, 0.1) is 5.82 Å². The molecule has 0 amide bonds. The van der Waals surface area contributed by atoms with Gasteiger partial charge < -0.3 is 5.11 Å². The summed E-state index contributed by atoms with van der Waals surface area (Å²) >= 11 is 5.79. The van der Waals surface area contributed by atoms with Crippen molar-refractivity contribution in [3.8, 4) is 0 Å². The number of alkyl halides is 1. The largest absolute Gasteiger partial charge is 0.481 e. The zero-order valence-electron chi connectivity index (χ0n) is 8.54. The quantitative estimate of drug-likeness (QED) is 0.827. The van der Waals surface area contributed by atoms with Crippen molar-refractivity contribution in [2.75, 3.05) is 0 Å². The molecule has 1 rings (SSSR count). The van der Waals surface area contributed by atoms with Gasteiger partial charge in [-0.2, -0.15) is 0 Å². The zero-order valence-corrected chi connectivity index (χ0v) is 9.29. The molecule has 0 aliphatic carbocycles. The number of hydrogen-bond acceptors (Lipinski definition) is 2. The van der Waals surface area contributed by atoms with Gasteiger partial charge in [-0.3, -0.25) is 9.59 Å². The SMILES string of the molecule is CC(=O)C(Cl)c1cccc(F)c1CC(=O)O. The van der Waals surface area contributed by atoms with Crippen LogP contribution in [-0.2, 0) is 16.0 Å². The van der Waals surface area contributed by atoms with Crippen LogP contribution in [0.2, 0.25) is 0 Å². The van der Waals surface area contributed by atoms with Crippen LogP contribution in [0.5, 0.6) is 0 Å². The first-order chi connectivity index (χ1) is 7.43. The Bertz CT molecular complexity index is 431. The zero-order chi connectivity index (χ0) is 12.3. The average molecular weight is 245 g/mol. The minimum atomic E-state index is -1.17. The number of hydrogen-bond donors (Lipinski definition) is 1. The monoisotopic (exact) mass is 244 g/mol. The molecule has 5 heteroatoms. The normalized spacial score (nSPS) is 12.2. The minimum absolute atomic E-state index is 0.0369. The van der Waals surface area contributed by atoms with E-state index in [0.29, 0.717) is 0 Å². The average Bonchev–Trinajstić information content (AvgIpc) is 2.19. The Balaban J connectivity index is 3.22. The first kappa shape index (κ1) is 12.6. The van der Waals surface area contributed by atoms with E-state index in [1.807, 2.05) is 0 Å². The van der Waals surface area contributed by atoms with E-state index in [1.54, 1.807) is 0 Å². The van der Waals surface area contributed by atoms with Crippen LogP contribution in [0.1, 0.15) is 23.4 Å². The number of Topliss-reactive ketones (excluding diaryl/α,β-unsaturated/α-hetero) is 1. The molecule has 0 aliphatic heterocycles. The lowest BCUT2D eigenvalue weighted by atomic mass is 9.99. The van der Waals surface area contributed by atoms with Crippen LogP contribution in [0.15, 0.2) is 18.2 Å². The fourth-order valence-electron chi connectivity index (χ4n) is 1.37. The van der Waals surface area contributed by atoms with Gasteiger partial charge in [0.15, 0.2) is 5.78 Å². The molecule has 16 heavy (non-hydrogen) atoms. The van der Waals surface area contributed by atoms with Crippen LogP contribution in [-0.4, -0.2) is 16.9 Å². The Morgan fingerprint density at radius 1 is 1.50 bits per heavy atom. The van der Waals surface area contributed by atoms with E-state index in [4.69, 9.17) is 16.7 Å². The summed E-state index contributed by atoms with van der Waals surface area (Å²) in [5, 5.41) is 7.63. The van der Waals surface area contributed by atoms with Gasteiger partial charge in [-0.15, -0.1) is 11.6 Å². The number of carboxylic acid groups (broad SMARTS) is 1. The molecule has 0 heterocycles. The Labute approximate surface area is 96.8 Å². The van der Waals surface area contributed by atoms with Gasteiger partial charge in [0.25, 0.3) is 0 Å². The van der Waals surface area contributed by atoms with Gasteiger partial charge in [0, 0.05) is 5.56 Å². The number of halogens is 2.